The van der Waals surface area contributed by atoms with Gasteiger partial charge in [-0.1, -0.05) is 235 Å². The zero-order valence-corrected chi connectivity index (χ0v) is 37.4. The molecule has 0 spiro atoms. The van der Waals surface area contributed by atoms with Gasteiger partial charge < -0.3 is 14.6 Å². The number of esters is 1. The summed E-state index contributed by atoms with van der Waals surface area (Å²) < 4.78 is 11.2. The van der Waals surface area contributed by atoms with Gasteiger partial charge >= 0.3 is 5.97 Å². The fraction of sp³-hybridized carbons (Fsp3) is 0.788. The first kappa shape index (κ1) is 54.1. The van der Waals surface area contributed by atoms with Crippen LogP contribution in [0.5, 0.6) is 0 Å². The van der Waals surface area contributed by atoms with Gasteiger partial charge in [0.25, 0.3) is 0 Å². The van der Waals surface area contributed by atoms with Crippen LogP contribution in [0.4, 0.5) is 0 Å². The van der Waals surface area contributed by atoms with Crippen LogP contribution in [-0.4, -0.2) is 37.0 Å². The summed E-state index contributed by atoms with van der Waals surface area (Å²) in [6, 6.07) is 0. The molecular formula is C52H94O4. The molecule has 4 nitrogen and oxygen atoms in total. The van der Waals surface area contributed by atoms with E-state index in [9.17, 15) is 9.90 Å². The number of aliphatic hydroxyl groups excluding tert-OH is 1. The molecule has 0 fully saturated rings. The van der Waals surface area contributed by atoms with E-state index >= 15 is 0 Å². The monoisotopic (exact) mass is 783 g/mol. The third-order valence-electron chi connectivity index (χ3n) is 10.6. The second-order valence-electron chi connectivity index (χ2n) is 16.2. The topological polar surface area (TPSA) is 55.8 Å². The first-order valence-corrected chi connectivity index (χ1v) is 24.4. The standard InChI is InChI=1S/C52H94O4/c1-3-5-7-9-11-13-15-17-19-21-23-25-27-29-31-33-35-37-39-41-43-45-47-52(54)56-51(49-53)50-55-48-46-44-42-40-38-36-34-32-30-28-26-24-22-20-18-16-14-12-10-8-6-4-2/h6,8,12,14,18,20,24,26,30,32,51,53H,3-5,7,9-11,13,15-17,19,21-23,25,27-29,31,33-50H2,1-2H3/b8-6-,14-12-,20-18-,26-24-,32-30-. The number of unbranched alkanes of at least 4 members (excludes halogenated alkanes) is 27. The van der Waals surface area contributed by atoms with Gasteiger partial charge in [0, 0.05) is 13.0 Å². The van der Waals surface area contributed by atoms with Crippen LogP contribution >= 0.6 is 0 Å². The lowest BCUT2D eigenvalue weighted by atomic mass is 10.0. The van der Waals surface area contributed by atoms with Crippen LogP contribution in [0.1, 0.15) is 239 Å². The number of hydrogen-bond acceptors (Lipinski definition) is 4. The average Bonchev–Trinajstić information content (AvgIpc) is 3.20. The van der Waals surface area contributed by atoms with E-state index in [4.69, 9.17) is 9.47 Å². The highest BCUT2D eigenvalue weighted by Crippen LogP contribution is 2.16. The number of allylic oxidation sites excluding steroid dienone is 10. The van der Waals surface area contributed by atoms with Crippen LogP contribution in [0.25, 0.3) is 0 Å². The maximum Gasteiger partial charge on any atom is 0.306 e. The highest BCUT2D eigenvalue weighted by Gasteiger charge is 2.13. The predicted molar refractivity (Wildman–Crippen MR) is 246 cm³/mol. The van der Waals surface area contributed by atoms with Crippen molar-refractivity contribution in [2.45, 2.75) is 245 Å². The van der Waals surface area contributed by atoms with Crippen LogP contribution in [0, 0.1) is 0 Å². The van der Waals surface area contributed by atoms with E-state index in [1.54, 1.807) is 0 Å². The molecule has 0 radical (unpaired) electrons. The number of hydrogen-bond donors (Lipinski definition) is 1. The molecule has 0 rings (SSSR count). The van der Waals surface area contributed by atoms with E-state index < -0.39 is 6.10 Å². The van der Waals surface area contributed by atoms with Gasteiger partial charge in [-0.15, -0.1) is 0 Å². The lowest BCUT2D eigenvalue weighted by Crippen LogP contribution is -2.27. The summed E-state index contributed by atoms with van der Waals surface area (Å²) in [7, 11) is 0. The average molecular weight is 783 g/mol. The van der Waals surface area contributed by atoms with Crippen molar-refractivity contribution in [1.29, 1.82) is 0 Å². The van der Waals surface area contributed by atoms with Crippen LogP contribution in [-0.2, 0) is 14.3 Å². The van der Waals surface area contributed by atoms with Gasteiger partial charge in [-0.05, 0) is 57.8 Å². The van der Waals surface area contributed by atoms with E-state index in [1.807, 2.05) is 0 Å². The molecule has 1 atom stereocenters. The number of carbonyl (C=O) groups is 1. The molecule has 326 valence electrons. The quantitative estimate of drug-likeness (QED) is 0.0380. The first-order chi connectivity index (χ1) is 27.7. The van der Waals surface area contributed by atoms with E-state index in [0.717, 1.165) is 64.2 Å². The first-order valence-electron chi connectivity index (χ1n) is 24.4. The Morgan fingerprint density at radius 3 is 1.21 bits per heavy atom. The smallest absolute Gasteiger partial charge is 0.306 e. The van der Waals surface area contributed by atoms with Crippen LogP contribution in [0.2, 0.25) is 0 Å². The van der Waals surface area contributed by atoms with Crippen molar-refractivity contribution in [3.63, 3.8) is 0 Å². The van der Waals surface area contributed by atoms with Gasteiger partial charge in [0.2, 0.25) is 0 Å². The van der Waals surface area contributed by atoms with Crippen molar-refractivity contribution in [2.24, 2.45) is 0 Å². The Labute approximate surface area is 349 Å². The maximum atomic E-state index is 12.3. The Balaban J connectivity index is 3.44. The summed E-state index contributed by atoms with van der Waals surface area (Å²) in [6.45, 7) is 5.23. The lowest BCUT2D eigenvalue weighted by Gasteiger charge is -2.15. The molecule has 0 amide bonds. The van der Waals surface area contributed by atoms with Gasteiger partial charge in [0.15, 0.2) is 0 Å². The molecule has 0 bridgehead atoms. The molecule has 0 aliphatic carbocycles. The van der Waals surface area contributed by atoms with Crippen LogP contribution < -0.4 is 0 Å². The summed E-state index contributed by atoms with van der Waals surface area (Å²) in [5.74, 6) is -0.203. The minimum absolute atomic E-state index is 0.178. The second kappa shape index (κ2) is 49.2. The van der Waals surface area contributed by atoms with E-state index in [2.05, 4.69) is 74.6 Å². The van der Waals surface area contributed by atoms with Gasteiger partial charge in [0.05, 0.1) is 13.2 Å². The number of rotatable bonds is 45. The molecule has 0 aliphatic rings. The third-order valence-corrected chi connectivity index (χ3v) is 10.6. The molecule has 1 unspecified atom stereocenters. The van der Waals surface area contributed by atoms with Crippen LogP contribution in [0.3, 0.4) is 0 Å². The molecule has 56 heavy (non-hydrogen) atoms. The molecule has 0 aromatic carbocycles. The Morgan fingerprint density at radius 1 is 0.446 bits per heavy atom. The summed E-state index contributed by atoms with van der Waals surface area (Å²) in [5.41, 5.74) is 0. The molecule has 4 heteroatoms. The van der Waals surface area contributed by atoms with Gasteiger partial charge in [-0.3, -0.25) is 4.79 Å². The lowest BCUT2D eigenvalue weighted by molar-refractivity contribution is -0.154. The SMILES string of the molecule is CC/C=C\C/C=C\C/C=C\C/C=C\C/C=C\CCCCCCCCOCC(CO)OC(=O)CCCCCCCCCCCCCCCCCCCCCCCC. The largest absolute Gasteiger partial charge is 0.457 e. The molecule has 0 aromatic heterocycles. The minimum Gasteiger partial charge on any atom is -0.457 e. The fourth-order valence-corrected chi connectivity index (χ4v) is 7.00. The van der Waals surface area contributed by atoms with Gasteiger partial charge in [0.1, 0.15) is 6.10 Å². The van der Waals surface area contributed by atoms with Crippen molar-refractivity contribution >= 4 is 5.97 Å². The zero-order chi connectivity index (χ0) is 40.5. The number of ether oxygens (including phenoxy) is 2. The summed E-state index contributed by atoms with van der Waals surface area (Å²) in [5, 5.41) is 9.64. The highest BCUT2D eigenvalue weighted by molar-refractivity contribution is 5.69. The van der Waals surface area contributed by atoms with Gasteiger partial charge in [-0.2, -0.15) is 0 Å². The Morgan fingerprint density at radius 2 is 0.804 bits per heavy atom. The molecular weight excluding hydrogens is 689 g/mol. The molecule has 0 saturated heterocycles. The molecule has 1 N–H and O–H groups in total. The Hall–Kier alpha value is -1.91. The second-order valence-corrected chi connectivity index (χ2v) is 16.2. The predicted octanol–water partition coefficient (Wildman–Crippen LogP) is 16.4. The maximum absolute atomic E-state index is 12.3. The Bertz CT molecular complexity index is 916. The summed E-state index contributed by atoms with van der Waals surface area (Å²) in [6.07, 6.45) is 65.9. The third kappa shape index (κ3) is 46.5. The van der Waals surface area contributed by atoms with Crippen molar-refractivity contribution < 1.29 is 19.4 Å². The molecule has 0 aromatic rings. The van der Waals surface area contributed by atoms with Gasteiger partial charge in [-0.25, -0.2) is 0 Å². The summed E-state index contributed by atoms with van der Waals surface area (Å²) in [4.78, 5) is 12.3. The normalized spacial score (nSPS) is 12.8. The molecule has 0 saturated carbocycles. The van der Waals surface area contributed by atoms with Crippen LogP contribution in [0.15, 0.2) is 60.8 Å². The molecule has 0 aliphatic heterocycles. The Kier molecular flexibility index (Phi) is 47.6. The van der Waals surface area contributed by atoms with E-state index in [-0.39, 0.29) is 19.2 Å². The minimum atomic E-state index is -0.543. The van der Waals surface area contributed by atoms with Crippen molar-refractivity contribution in [2.75, 3.05) is 19.8 Å². The van der Waals surface area contributed by atoms with Crippen molar-refractivity contribution in [3.8, 4) is 0 Å². The van der Waals surface area contributed by atoms with E-state index in [1.165, 1.54) is 154 Å². The zero-order valence-electron chi connectivity index (χ0n) is 37.4. The fourth-order valence-electron chi connectivity index (χ4n) is 7.00. The summed E-state index contributed by atoms with van der Waals surface area (Å²) >= 11 is 0. The van der Waals surface area contributed by atoms with E-state index in [0.29, 0.717) is 13.0 Å². The number of aliphatic hydroxyl groups is 1. The van der Waals surface area contributed by atoms with Crippen molar-refractivity contribution in [1.82, 2.24) is 0 Å². The number of carbonyl (C=O) groups excluding carboxylic acids is 1. The highest BCUT2D eigenvalue weighted by atomic mass is 16.6. The van der Waals surface area contributed by atoms with Crippen molar-refractivity contribution in [3.05, 3.63) is 60.8 Å². The molecule has 0 heterocycles.